The number of sulfonamides is 1. The number of ether oxygens (including phenoxy) is 4. The topological polar surface area (TPSA) is 120 Å². The molecular formula is C21H23ClN2O8S. The van der Waals surface area contributed by atoms with E-state index in [4.69, 9.17) is 30.5 Å². The van der Waals surface area contributed by atoms with Gasteiger partial charge in [0.1, 0.15) is 11.5 Å². The summed E-state index contributed by atoms with van der Waals surface area (Å²) in [6, 6.07) is 10.7. The van der Waals surface area contributed by atoms with Gasteiger partial charge in [0.25, 0.3) is 5.91 Å². The van der Waals surface area contributed by atoms with Crippen molar-refractivity contribution in [2.75, 3.05) is 45.4 Å². The van der Waals surface area contributed by atoms with E-state index in [1.165, 1.54) is 37.3 Å². The molecule has 0 unspecified atom stereocenters. The third-order valence-corrected chi connectivity index (χ3v) is 6.46. The second-order valence-electron chi connectivity index (χ2n) is 6.87. The maximum absolute atomic E-state index is 12.9. The summed E-state index contributed by atoms with van der Waals surface area (Å²) >= 11 is 6.18. The van der Waals surface area contributed by atoms with Crippen molar-refractivity contribution >= 4 is 39.2 Å². The Morgan fingerprint density at radius 1 is 1.21 bits per heavy atom. The molecule has 33 heavy (non-hydrogen) atoms. The summed E-state index contributed by atoms with van der Waals surface area (Å²) in [7, 11) is -1.07. The number of carbonyl (C=O) groups is 2. The number of benzene rings is 2. The van der Waals surface area contributed by atoms with Gasteiger partial charge in [-0.3, -0.25) is 4.79 Å². The molecule has 0 bridgehead atoms. The zero-order chi connectivity index (χ0) is 24.0. The summed E-state index contributed by atoms with van der Waals surface area (Å²) in [5, 5.41) is 0.0206. The minimum atomic E-state index is -3.77. The molecule has 1 atom stereocenters. The monoisotopic (exact) mass is 498 g/mol. The maximum atomic E-state index is 12.9. The fraction of sp³-hybridized carbons (Fsp3) is 0.333. The number of fused-ring (bicyclic) bond motifs is 1. The molecule has 0 saturated carbocycles. The highest BCUT2D eigenvalue weighted by molar-refractivity contribution is 7.89. The van der Waals surface area contributed by atoms with E-state index in [1.807, 2.05) is 0 Å². The Balaban J connectivity index is 1.71. The molecule has 0 radical (unpaired) electrons. The number of methoxy groups -OCH3 is 2. The SMILES string of the molecule is COCCNS(=O)(=O)c1ccc(OCC(=O)N2C[C@H](C(=O)OC)Oc3ccccc32)c(Cl)c1. The van der Waals surface area contributed by atoms with E-state index in [0.717, 1.165) is 0 Å². The molecule has 1 N–H and O–H groups in total. The van der Waals surface area contributed by atoms with Crippen molar-refractivity contribution in [1.82, 2.24) is 4.72 Å². The number of amides is 1. The first-order valence-electron chi connectivity index (χ1n) is 9.81. The number of hydrogen-bond donors (Lipinski definition) is 1. The molecule has 1 aliphatic heterocycles. The van der Waals surface area contributed by atoms with Gasteiger partial charge in [-0.2, -0.15) is 0 Å². The van der Waals surface area contributed by atoms with E-state index in [9.17, 15) is 18.0 Å². The summed E-state index contributed by atoms with van der Waals surface area (Å²) in [5.74, 6) is -0.566. The van der Waals surface area contributed by atoms with Crippen LogP contribution in [0.5, 0.6) is 11.5 Å². The van der Waals surface area contributed by atoms with E-state index < -0.39 is 34.6 Å². The maximum Gasteiger partial charge on any atom is 0.348 e. The molecule has 10 nitrogen and oxygen atoms in total. The van der Waals surface area contributed by atoms with Gasteiger partial charge in [-0.25, -0.2) is 17.9 Å². The van der Waals surface area contributed by atoms with Gasteiger partial charge in [-0.15, -0.1) is 0 Å². The van der Waals surface area contributed by atoms with Gasteiger partial charge in [-0.05, 0) is 30.3 Å². The second-order valence-corrected chi connectivity index (χ2v) is 9.05. The van der Waals surface area contributed by atoms with Crippen molar-refractivity contribution in [2.24, 2.45) is 0 Å². The summed E-state index contributed by atoms with van der Waals surface area (Å²) in [6.45, 7) is -0.126. The highest BCUT2D eigenvalue weighted by Crippen LogP contribution is 2.34. The lowest BCUT2D eigenvalue weighted by molar-refractivity contribution is -0.148. The molecule has 1 amide bonds. The van der Waals surface area contributed by atoms with Crippen LogP contribution < -0.4 is 19.1 Å². The van der Waals surface area contributed by atoms with E-state index in [-0.39, 0.29) is 35.4 Å². The average molecular weight is 499 g/mol. The second kappa shape index (κ2) is 10.8. The zero-order valence-corrected chi connectivity index (χ0v) is 19.5. The van der Waals surface area contributed by atoms with E-state index in [2.05, 4.69) is 4.72 Å². The minimum Gasteiger partial charge on any atom is -0.482 e. The number of anilines is 1. The third kappa shape index (κ3) is 5.93. The van der Waals surface area contributed by atoms with Crippen molar-refractivity contribution in [2.45, 2.75) is 11.0 Å². The lowest BCUT2D eigenvalue weighted by Crippen LogP contribution is -2.48. The van der Waals surface area contributed by atoms with Crippen LogP contribution in [-0.2, 0) is 29.1 Å². The first-order valence-corrected chi connectivity index (χ1v) is 11.7. The van der Waals surface area contributed by atoms with Gasteiger partial charge in [0.05, 0.1) is 35.9 Å². The first-order chi connectivity index (χ1) is 15.8. The lowest BCUT2D eigenvalue weighted by atomic mass is 10.2. The van der Waals surface area contributed by atoms with Crippen molar-refractivity contribution in [3.63, 3.8) is 0 Å². The summed E-state index contributed by atoms with van der Waals surface area (Å²) < 4.78 is 47.7. The van der Waals surface area contributed by atoms with E-state index in [1.54, 1.807) is 24.3 Å². The minimum absolute atomic E-state index is 0.0206. The van der Waals surface area contributed by atoms with E-state index in [0.29, 0.717) is 11.4 Å². The number of nitrogens with zero attached hydrogens (tertiary/aromatic N) is 1. The number of carbonyl (C=O) groups excluding carboxylic acids is 2. The fourth-order valence-corrected chi connectivity index (χ4v) is 4.41. The Labute approximate surface area is 196 Å². The van der Waals surface area contributed by atoms with Crippen LogP contribution in [0.1, 0.15) is 0 Å². The molecule has 2 aromatic carbocycles. The zero-order valence-electron chi connectivity index (χ0n) is 17.9. The normalized spacial score (nSPS) is 15.4. The lowest BCUT2D eigenvalue weighted by Gasteiger charge is -2.33. The van der Waals surface area contributed by atoms with Gasteiger partial charge >= 0.3 is 5.97 Å². The van der Waals surface area contributed by atoms with Crippen LogP contribution in [0.25, 0.3) is 0 Å². The molecule has 0 aromatic heterocycles. The molecule has 12 heteroatoms. The fourth-order valence-electron chi connectivity index (χ4n) is 3.07. The van der Waals surface area contributed by atoms with Crippen LogP contribution >= 0.6 is 11.6 Å². The molecule has 1 aliphatic rings. The third-order valence-electron chi connectivity index (χ3n) is 4.70. The molecular weight excluding hydrogens is 476 g/mol. The van der Waals surface area contributed by atoms with Gasteiger partial charge in [-0.1, -0.05) is 23.7 Å². The molecule has 0 spiro atoms. The summed E-state index contributed by atoms with van der Waals surface area (Å²) in [5.41, 5.74) is 0.487. The van der Waals surface area contributed by atoms with Crippen LogP contribution in [0.2, 0.25) is 5.02 Å². The van der Waals surface area contributed by atoms with Crippen LogP contribution in [0.15, 0.2) is 47.4 Å². The Morgan fingerprint density at radius 2 is 1.97 bits per heavy atom. The van der Waals surface area contributed by atoms with Crippen LogP contribution in [0.3, 0.4) is 0 Å². The van der Waals surface area contributed by atoms with Gasteiger partial charge in [0.2, 0.25) is 16.1 Å². The molecule has 178 valence electrons. The molecule has 2 aromatic rings. The van der Waals surface area contributed by atoms with Crippen molar-refractivity contribution in [3.05, 3.63) is 47.5 Å². The number of nitrogens with one attached hydrogen (secondary N) is 1. The number of halogens is 1. The number of rotatable bonds is 9. The Bertz CT molecular complexity index is 1120. The number of para-hydroxylation sites is 2. The predicted molar refractivity (Wildman–Crippen MR) is 119 cm³/mol. The van der Waals surface area contributed by atoms with Gasteiger partial charge < -0.3 is 23.8 Å². The highest BCUT2D eigenvalue weighted by atomic mass is 35.5. The Hall–Kier alpha value is -2.86. The smallest absolute Gasteiger partial charge is 0.348 e. The Kier molecular flexibility index (Phi) is 8.14. The van der Waals surface area contributed by atoms with Crippen molar-refractivity contribution in [1.29, 1.82) is 0 Å². The quantitative estimate of drug-likeness (QED) is 0.409. The van der Waals surface area contributed by atoms with Gasteiger partial charge in [0.15, 0.2) is 6.61 Å². The van der Waals surface area contributed by atoms with Crippen molar-refractivity contribution in [3.8, 4) is 11.5 Å². The average Bonchev–Trinajstić information content (AvgIpc) is 2.81. The summed E-state index contributed by atoms with van der Waals surface area (Å²) in [4.78, 5) is 26.2. The molecule has 0 aliphatic carbocycles. The van der Waals surface area contributed by atoms with Crippen LogP contribution in [-0.4, -0.2) is 66.9 Å². The number of hydrogen-bond acceptors (Lipinski definition) is 8. The predicted octanol–water partition coefficient (Wildman–Crippen LogP) is 1.61. The summed E-state index contributed by atoms with van der Waals surface area (Å²) in [6.07, 6.45) is -0.979. The van der Waals surface area contributed by atoms with Crippen LogP contribution in [0.4, 0.5) is 5.69 Å². The largest absolute Gasteiger partial charge is 0.482 e. The molecule has 3 rings (SSSR count). The molecule has 1 heterocycles. The van der Waals surface area contributed by atoms with Crippen LogP contribution in [0, 0.1) is 0 Å². The number of esters is 1. The Morgan fingerprint density at radius 3 is 2.67 bits per heavy atom. The standard InChI is InChI=1S/C21H23ClN2O8S/c1-29-10-9-23-33(27,28)14-7-8-17(15(22)11-14)31-13-20(25)24-12-19(21(26)30-2)32-18-6-4-3-5-16(18)24/h3-8,11,19,23H,9-10,12-13H2,1-2H3/t19-/m1/s1. The van der Waals surface area contributed by atoms with E-state index >= 15 is 0 Å². The van der Waals surface area contributed by atoms with Gasteiger partial charge in [0, 0.05) is 13.7 Å². The molecule has 0 fully saturated rings. The van der Waals surface area contributed by atoms with Crippen molar-refractivity contribution < 1.29 is 37.0 Å². The molecule has 0 saturated heterocycles. The highest BCUT2D eigenvalue weighted by Gasteiger charge is 2.34. The first kappa shape index (κ1) is 24.8.